The number of benzene rings is 2. The van der Waals surface area contributed by atoms with Gasteiger partial charge < -0.3 is 15.5 Å². The molecule has 0 spiro atoms. The Morgan fingerprint density at radius 1 is 1.07 bits per heavy atom. The predicted octanol–water partition coefficient (Wildman–Crippen LogP) is 4.93. The van der Waals surface area contributed by atoms with Crippen LogP contribution < -0.4 is 16.2 Å². The molecule has 41 heavy (non-hydrogen) atoms. The van der Waals surface area contributed by atoms with Crippen LogP contribution in [0.15, 0.2) is 59.7 Å². The van der Waals surface area contributed by atoms with Crippen LogP contribution in [-0.4, -0.2) is 57.3 Å². The quantitative estimate of drug-likeness (QED) is 0.301. The molecule has 0 radical (unpaired) electrons. The van der Waals surface area contributed by atoms with E-state index in [9.17, 15) is 9.59 Å². The monoisotopic (exact) mass is 569 g/mol. The van der Waals surface area contributed by atoms with Gasteiger partial charge in [0.25, 0.3) is 11.5 Å². The molecule has 0 bridgehead atoms. The van der Waals surface area contributed by atoms with Gasteiger partial charge in [0.15, 0.2) is 0 Å². The molecule has 10 heteroatoms. The number of hydrogen-bond acceptors (Lipinski definition) is 6. The number of anilines is 1. The molecule has 1 unspecified atom stereocenters. The van der Waals surface area contributed by atoms with Gasteiger partial charge in [-0.3, -0.25) is 19.1 Å². The highest BCUT2D eigenvalue weighted by atomic mass is 35.5. The number of likely N-dealkylation sites (N-methyl/N-ethyl adjacent to an activating group) is 1. The van der Waals surface area contributed by atoms with E-state index in [0.29, 0.717) is 16.1 Å². The van der Waals surface area contributed by atoms with Crippen molar-refractivity contribution in [1.82, 2.24) is 29.5 Å². The maximum atomic E-state index is 13.7. The number of fused-ring (bicyclic) bond motifs is 3. The zero-order chi connectivity index (χ0) is 29.0. The van der Waals surface area contributed by atoms with E-state index in [0.717, 1.165) is 57.5 Å². The van der Waals surface area contributed by atoms with Crippen molar-refractivity contribution in [2.45, 2.75) is 25.9 Å². The second-order valence-corrected chi connectivity index (χ2v) is 11.3. The van der Waals surface area contributed by atoms with Crippen molar-refractivity contribution in [3.8, 4) is 11.1 Å². The Hall–Kier alpha value is -4.21. The predicted molar refractivity (Wildman–Crippen MR) is 164 cm³/mol. The third kappa shape index (κ3) is 4.65. The zero-order valence-electron chi connectivity index (χ0n) is 23.7. The Bertz CT molecular complexity index is 1870. The van der Waals surface area contributed by atoms with Crippen LogP contribution in [0.3, 0.4) is 0 Å². The number of carbonyl (C=O) groups excluding carboxylic acids is 1. The number of aromatic nitrogens is 4. The highest BCUT2D eigenvalue weighted by molar-refractivity contribution is 6.31. The van der Waals surface area contributed by atoms with Crippen molar-refractivity contribution in [2.75, 3.05) is 32.5 Å². The number of nitrogens with zero attached hydrogens (tertiary/aromatic N) is 5. The van der Waals surface area contributed by atoms with Crippen LogP contribution in [-0.2, 0) is 7.05 Å². The van der Waals surface area contributed by atoms with Gasteiger partial charge in [0.05, 0.1) is 12.2 Å². The van der Waals surface area contributed by atoms with E-state index < -0.39 is 0 Å². The lowest BCUT2D eigenvalue weighted by Crippen LogP contribution is -2.45. The summed E-state index contributed by atoms with van der Waals surface area (Å²) in [6.07, 6.45) is 3.57. The molecular formula is C31H32ClN7O2. The number of amides is 1. The molecule has 3 aromatic heterocycles. The van der Waals surface area contributed by atoms with Gasteiger partial charge >= 0.3 is 0 Å². The van der Waals surface area contributed by atoms with Gasteiger partial charge in [-0.05, 0) is 62.4 Å². The van der Waals surface area contributed by atoms with Crippen LogP contribution in [0.4, 0.5) is 5.69 Å². The summed E-state index contributed by atoms with van der Waals surface area (Å²) in [5.41, 5.74) is 5.72. The Kier molecular flexibility index (Phi) is 6.79. The van der Waals surface area contributed by atoms with E-state index in [2.05, 4.69) is 40.6 Å². The zero-order valence-corrected chi connectivity index (χ0v) is 24.5. The molecule has 9 nitrogen and oxygen atoms in total. The van der Waals surface area contributed by atoms with Gasteiger partial charge in [-0.2, -0.15) is 5.10 Å². The molecule has 1 amide bonds. The Morgan fingerprint density at radius 3 is 2.54 bits per heavy atom. The molecule has 1 fully saturated rings. The van der Waals surface area contributed by atoms with E-state index in [1.165, 1.54) is 0 Å². The number of carbonyl (C=O) groups is 1. The number of nitrogens with one attached hydrogen (secondary N) is 2. The minimum absolute atomic E-state index is 0.0338. The maximum Gasteiger partial charge on any atom is 0.269 e. The van der Waals surface area contributed by atoms with Crippen LogP contribution >= 0.6 is 11.6 Å². The molecule has 2 N–H and O–H groups in total. The van der Waals surface area contributed by atoms with Crippen LogP contribution in [0.25, 0.3) is 32.9 Å². The summed E-state index contributed by atoms with van der Waals surface area (Å²) >= 11 is 6.41. The lowest BCUT2D eigenvalue weighted by Gasteiger charge is -2.36. The van der Waals surface area contributed by atoms with Crippen LogP contribution in [0.2, 0.25) is 5.02 Å². The molecule has 0 saturated carbocycles. The van der Waals surface area contributed by atoms with Gasteiger partial charge in [-0.25, -0.2) is 4.68 Å². The number of halogens is 1. The first-order valence-electron chi connectivity index (χ1n) is 13.6. The molecule has 6 rings (SSSR count). The van der Waals surface area contributed by atoms with E-state index in [4.69, 9.17) is 16.7 Å². The van der Waals surface area contributed by atoms with Crippen molar-refractivity contribution >= 4 is 45.0 Å². The summed E-state index contributed by atoms with van der Waals surface area (Å²) in [5, 5.41) is 14.2. The molecule has 5 aromatic rings. The molecule has 1 aliphatic heterocycles. The number of rotatable bonds is 6. The first-order valence-corrected chi connectivity index (χ1v) is 14.0. The SMILES string of the molecule is CNC(=O)c1ccc(-c2cc(Cl)ccc2NC(C)c2cc(C)cc3c(=O)n(C)c4c(cnn4C4CN(C)C4)c23)cn1. The number of hydrogen-bond donors (Lipinski definition) is 2. The highest BCUT2D eigenvalue weighted by Crippen LogP contribution is 2.37. The minimum Gasteiger partial charge on any atom is -0.378 e. The van der Waals surface area contributed by atoms with Gasteiger partial charge in [-0.15, -0.1) is 0 Å². The Morgan fingerprint density at radius 2 is 1.85 bits per heavy atom. The maximum absolute atomic E-state index is 13.7. The number of pyridine rings is 2. The van der Waals surface area contributed by atoms with E-state index in [1.54, 1.807) is 23.9 Å². The first kappa shape index (κ1) is 27.0. The van der Waals surface area contributed by atoms with Gasteiger partial charge in [0.1, 0.15) is 11.3 Å². The summed E-state index contributed by atoms with van der Waals surface area (Å²) in [5.74, 6) is -0.244. The summed E-state index contributed by atoms with van der Waals surface area (Å²) in [7, 11) is 5.49. The molecule has 2 aromatic carbocycles. The molecule has 0 aliphatic carbocycles. The topological polar surface area (TPSA) is 97.1 Å². The second kappa shape index (κ2) is 10.3. The lowest BCUT2D eigenvalue weighted by atomic mass is 9.95. The molecule has 1 aliphatic rings. The van der Waals surface area contributed by atoms with Crippen LogP contribution in [0.5, 0.6) is 0 Å². The minimum atomic E-state index is -0.244. The number of likely N-dealkylation sites (tertiary alicyclic amines) is 1. The van der Waals surface area contributed by atoms with Crippen molar-refractivity contribution in [2.24, 2.45) is 7.05 Å². The van der Waals surface area contributed by atoms with Gasteiger partial charge in [0.2, 0.25) is 0 Å². The normalized spacial score (nSPS) is 14.8. The van der Waals surface area contributed by atoms with Crippen molar-refractivity contribution in [3.05, 3.63) is 87.1 Å². The smallest absolute Gasteiger partial charge is 0.269 e. The fourth-order valence-corrected chi connectivity index (χ4v) is 6.04. The standard InChI is InChI=1S/C31H32ClN7O2/c1-17-10-22(28-24(11-17)31(41)38(5)30-25(28)14-35-39(30)21-15-37(4)16-21)18(2)36-26-9-7-20(32)12-23(26)19-6-8-27(34-13-19)29(40)33-3/h6-14,18,21,36H,15-16H2,1-5H3,(H,33,40). The Balaban J connectivity index is 1.45. The van der Waals surface area contributed by atoms with E-state index >= 15 is 0 Å². The second-order valence-electron chi connectivity index (χ2n) is 10.9. The summed E-state index contributed by atoms with van der Waals surface area (Å²) in [6, 6.07) is 13.4. The summed E-state index contributed by atoms with van der Waals surface area (Å²) in [6.45, 7) is 5.91. The lowest BCUT2D eigenvalue weighted by molar-refractivity contribution is 0.0958. The molecular weight excluding hydrogens is 538 g/mol. The molecule has 1 atom stereocenters. The fourth-order valence-electron chi connectivity index (χ4n) is 5.86. The fraction of sp³-hybridized carbons (Fsp3) is 0.290. The Labute approximate surface area is 242 Å². The van der Waals surface area contributed by atoms with Crippen molar-refractivity contribution in [1.29, 1.82) is 0 Å². The van der Waals surface area contributed by atoms with E-state index in [-0.39, 0.29) is 23.6 Å². The number of aryl methyl sites for hydroxylation is 2. The van der Waals surface area contributed by atoms with Crippen molar-refractivity contribution < 1.29 is 4.79 Å². The summed E-state index contributed by atoms with van der Waals surface area (Å²) in [4.78, 5) is 32.3. The largest absolute Gasteiger partial charge is 0.378 e. The molecule has 210 valence electrons. The summed E-state index contributed by atoms with van der Waals surface area (Å²) < 4.78 is 3.74. The molecule has 4 heterocycles. The average molecular weight is 570 g/mol. The van der Waals surface area contributed by atoms with Crippen LogP contribution in [0.1, 0.15) is 40.6 Å². The van der Waals surface area contributed by atoms with Gasteiger partial charge in [-0.1, -0.05) is 23.7 Å². The third-order valence-electron chi connectivity index (χ3n) is 7.95. The average Bonchev–Trinajstić information content (AvgIpc) is 3.39. The van der Waals surface area contributed by atoms with Gasteiger partial charge in [0, 0.05) is 77.4 Å². The molecule has 1 saturated heterocycles. The van der Waals surface area contributed by atoms with E-state index in [1.807, 2.05) is 55.2 Å². The third-order valence-corrected chi connectivity index (χ3v) is 8.18. The first-order chi connectivity index (χ1) is 19.7. The van der Waals surface area contributed by atoms with Crippen molar-refractivity contribution in [3.63, 3.8) is 0 Å². The van der Waals surface area contributed by atoms with Crippen LogP contribution in [0, 0.1) is 6.92 Å². The highest BCUT2D eigenvalue weighted by Gasteiger charge is 2.29.